The molecule has 170 valence electrons. The maximum Gasteiger partial charge on any atom is 0.303 e. The van der Waals surface area contributed by atoms with Crippen LogP contribution < -0.4 is 0 Å². The summed E-state index contributed by atoms with van der Waals surface area (Å²) in [5, 5.41) is 0. The summed E-state index contributed by atoms with van der Waals surface area (Å²) in [6.07, 6.45) is -7.76. The monoisotopic (exact) mass is 440 g/mol. The Bertz CT molecular complexity index is 705. The van der Waals surface area contributed by atoms with Gasteiger partial charge in [0.15, 0.2) is 24.4 Å². The van der Waals surface area contributed by atoms with E-state index in [1.165, 1.54) is 0 Å². The van der Waals surface area contributed by atoms with Gasteiger partial charge in [0.1, 0.15) is 13.2 Å². The normalized spacial score (nSPS) is 16.8. The summed E-state index contributed by atoms with van der Waals surface area (Å²) in [4.78, 5) is 70.7. The molecule has 0 spiro atoms. The van der Waals surface area contributed by atoms with Crippen molar-refractivity contribution in [2.24, 2.45) is 0 Å². The number of esters is 6. The van der Waals surface area contributed by atoms with Gasteiger partial charge in [0.25, 0.3) is 0 Å². The van der Waals surface area contributed by atoms with Crippen LogP contribution >= 0.6 is 0 Å². The molecule has 0 unspecified atom stereocenters. The SMILES string of the molecule is [2H]CC(=O)OC[C@H](OC(=O)C[2H])[C@@H](OC(=O)C[2H])[C@H](OC(=O)C[2H])[C@@H](COC(=O)C[2H])OC(=O)C[2H]. The van der Waals surface area contributed by atoms with Gasteiger partial charge in [-0.3, -0.25) is 28.8 Å². The summed E-state index contributed by atoms with van der Waals surface area (Å²) in [5.74, 6) is -7.29. The van der Waals surface area contributed by atoms with Crippen LogP contribution in [0.1, 0.15) is 49.6 Å². The summed E-state index contributed by atoms with van der Waals surface area (Å²) >= 11 is 0. The number of ether oxygens (including phenoxy) is 6. The highest BCUT2D eigenvalue weighted by Gasteiger charge is 2.44. The lowest BCUT2D eigenvalue weighted by atomic mass is 10.0. The van der Waals surface area contributed by atoms with Crippen molar-refractivity contribution in [1.82, 2.24) is 0 Å². The second-order valence-electron chi connectivity index (χ2n) is 5.33. The molecule has 0 bridgehead atoms. The van der Waals surface area contributed by atoms with E-state index in [2.05, 4.69) is 0 Å². The second-order valence-corrected chi connectivity index (χ2v) is 5.33. The predicted octanol–water partition coefficient (Wildman–Crippen LogP) is -0.161. The predicted molar refractivity (Wildman–Crippen MR) is 95.5 cm³/mol. The molecule has 0 radical (unpaired) electrons. The molecule has 0 amide bonds. The molecular weight excluding hydrogens is 408 g/mol. The van der Waals surface area contributed by atoms with E-state index in [9.17, 15) is 28.8 Å². The van der Waals surface area contributed by atoms with Crippen LogP contribution in [0.25, 0.3) is 0 Å². The molecule has 0 N–H and O–H groups in total. The molecular formula is C18H26O12. The van der Waals surface area contributed by atoms with Gasteiger partial charge in [0, 0.05) is 49.6 Å². The quantitative estimate of drug-likeness (QED) is 0.309. The Kier molecular flexibility index (Phi) is 7.72. The third-order valence-electron chi connectivity index (χ3n) is 2.97. The molecule has 0 aliphatic carbocycles. The molecule has 12 heteroatoms. The van der Waals surface area contributed by atoms with Crippen LogP contribution in [0.5, 0.6) is 0 Å². The fraction of sp³-hybridized carbons (Fsp3) is 0.667. The minimum atomic E-state index is -2.02. The lowest BCUT2D eigenvalue weighted by molar-refractivity contribution is -0.206. The zero-order valence-corrected chi connectivity index (χ0v) is 15.9. The fourth-order valence-corrected chi connectivity index (χ4v) is 2.09. The molecule has 30 heavy (non-hydrogen) atoms. The van der Waals surface area contributed by atoms with Crippen LogP contribution in [0.3, 0.4) is 0 Å². The molecule has 0 aromatic heterocycles. The molecule has 12 nitrogen and oxygen atoms in total. The average molecular weight is 440 g/mol. The lowest BCUT2D eigenvalue weighted by Crippen LogP contribution is -2.54. The van der Waals surface area contributed by atoms with Gasteiger partial charge < -0.3 is 28.4 Å². The van der Waals surface area contributed by atoms with Gasteiger partial charge in [-0.25, -0.2) is 0 Å². The average Bonchev–Trinajstić information content (AvgIpc) is 2.89. The van der Waals surface area contributed by atoms with Gasteiger partial charge in [-0.1, -0.05) is 0 Å². The standard InChI is InChI=1S/C18H26O12/c1-9(19)25-7-15(27-11(3)21)17(29-13(5)23)18(30-14(6)24)16(28-12(4)22)8-26-10(2)20/h15-18H,7-8H2,1-6H3/t15-,16+,17-,18-/m1/s1/i1D,2D,3D,4D,5D,6D. The van der Waals surface area contributed by atoms with Gasteiger partial charge in [0.05, 0.1) is 0 Å². The van der Waals surface area contributed by atoms with Gasteiger partial charge in [-0.2, -0.15) is 0 Å². The van der Waals surface area contributed by atoms with Crippen LogP contribution in [-0.2, 0) is 57.2 Å². The van der Waals surface area contributed by atoms with E-state index in [1.54, 1.807) is 0 Å². The van der Waals surface area contributed by atoms with Crippen molar-refractivity contribution in [2.75, 3.05) is 13.2 Å². The summed E-state index contributed by atoms with van der Waals surface area (Å²) < 4.78 is 72.2. The number of hydrogen-bond donors (Lipinski definition) is 0. The molecule has 4 atom stereocenters. The smallest absolute Gasteiger partial charge is 0.303 e. The summed E-state index contributed by atoms with van der Waals surface area (Å²) in [6.45, 7) is -7.49. The maximum atomic E-state index is 12.0. The summed E-state index contributed by atoms with van der Waals surface area (Å²) in [7, 11) is 0. The number of rotatable bonds is 11. The largest absolute Gasteiger partial charge is 0.462 e. The van der Waals surface area contributed by atoms with E-state index in [0.717, 1.165) is 0 Å². The maximum absolute atomic E-state index is 12.0. The van der Waals surface area contributed by atoms with Crippen molar-refractivity contribution in [3.8, 4) is 0 Å². The first kappa shape index (κ1) is 17.7. The van der Waals surface area contributed by atoms with Gasteiger partial charge in [0.2, 0.25) is 0 Å². The van der Waals surface area contributed by atoms with E-state index >= 15 is 0 Å². The van der Waals surface area contributed by atoms with E-state index in [1.807, 2.05) is 0 Å². The second kappa shape index (κ2) is 13.1. The summed E-state index contributed by atoms with van der Waals surface area (Å²) in [5.41, 5.74) is 0. The van der Waals surface area contributed by atoms with Crippen LogP contribution in [0.2, 0.25) is 0 Å². The van der Waals surface area contributed by atoms with Crippen LogP contribution in [0.15, 0.2) is 0 Å². The molecule has 0 aliphatic heterocycles. The summed E-state index contributed by atoms with van der Waals surface area (Å²) in [6, 6.07) is 0. The molecule has 0 aliphatic rings. The Morgan fingerprint density at radius 2 is 0.833 bits per heavy atom. The molecule has 0 rings (SSSR count). The first-order valence-corrected chi connectivity index (χ1v) is 7.91. The first-order valence-electron chi connectivity index (χ1n) is 12.2. The van der Waals surface area contributed by atoms with E-state index in [-0.39, 0.29) is 0 Å². The van der Waals surface area contributed by atoms with Gasteiger partial charge in [-0.15, -0.1) is 0 Å². The minimum absolute atomic E-state index is 0.861. The number of carbonyl (C=O) groups excluding carboxylic acids is 6. The molecule has 0 fully saturated rings. The highest BCUT2D eigenvalue weighted by Crippen LogP contribution is 2.20. The van der Waals surface area contributed by atoms with Crippen molar-refractivity contribution in [2.45, 2.75) is 65.8 Å². The van der Waals surface area contributed by atoms with Crippen molar-refractivity contribution >= 4 is 35.8 Å². The van der Waals surface area contributed by atoms with Crippen LogP contribution in [0, 0.1) is 0 Å². The Hall–Kier alpha value is -3.18. The van der Waals surface area contributed by atoms with E-state index in [4.69, 9.17) is 36.6 Å². The van der Waals surface area contributed by atoms with Crippen molar-refractivity contribution < 1.29 is 65.4 Å². The Balaban J connectivity index is 6.59. The highest BCUT2D eigenvalue weighted by molar-refractivity contribution is 5.69. The van der Waals surface area contributed by atoms with E-state index in [0.29, 0.717) is 0 Å². The number of carbonyl (C=O) groups is 6. The molecule has 0 heterocycles. The fourth-order valence-electron chi connectivity index (χ4n) is 2.09. The molecule has 0 saturated heterocycles. The zero-order chi connectivity index (χ0) is 27.7. The number of hydrogen-bond acceptors (Lipinski definition) is 12. The Labute approximate surface area is 181 Å². The third kappa shape index (κ3) is 11.6. The molecule has 0 aromatic carbocycles. The third-order valence-corrected chi connectivity index (χ3v) is 2.97. The van der Waals surface area contributed by atoms with E-state index < -0.39 is 115 Å². The first-order chi connectivity index (χ1) is 17.1. The van der Waals surface area contributed by atoms with Gasteiger partial charge in [-0.05, 0) is 0 Å². The van der Waals surface area contributed by atoms with Crippen molar-refractivity contribution in [3.05, 3.63) is 0 Å². The van der Waals surface area contributed by atoms with Gasteiger partial charge >= 0.3 is 35.8 Å². The van der Waals surface area contributed by atoms with Crippen molar-refractivity contribution in [1.29, 1.82) is 0 Å². The molecule has 0 aromatic rings. The lowest BCUT2D eigenvalue weighted by Gasteiger charge is -2.35. The zero-order valence-electron chi connectivity index (χ0n) is 21.9. The minimum Gasteiger partial charge on any atom is -0.462 e. The highest BCUT2D eigenvalue weighted by atomic mass is 16.6. The van der Waals surface area contributed by atoms with Crippen LogP contribution in [0.4, 0.5) is 0 Å². The van der Waals surface area contributed by atoms with Crippen molar-refractivity contribution in [3.63, 3.8) is 0 Å². The Morgan fingerprint density at radius 3 is 1.13 bits per heavy atom. The topological polar surface area (TPSA) is 158 Å². The molecule has 0 saturated carbocycles. The van der Waals surface area contributed by atoms with Crippen LogP contribution in [-0.4, -0.2) is 73.4 Å². The Morgan fingerprint density at radius 1 is 0.533 bits per heavy atom.